The minimum absolute atomic E-state index is 0.245. The topological polar surface area (TPSA) is 108 Å². The monoisotopic (exact) mass is 452 g/mol. The van der Waals surface area contributed by atoms with E-state index in [-0.39, 0.29) is 4.87 Å². The molecule has 3 atom stereocenters. The minimum Gasteiger partial charge on any atom is -0.480 e. The predicted molar refractivity (Wildman–Crippen MR) is 116 cm³/mol. The SMILES string of the molecule is O=C(O)CN1C(=O)C2Sc3[nH]c(=O)sc3[C@@H](c3ccc(-c4ccccc4)cc3)C2C1=O. The summed E-state index contributed by atoms with van der Waals surface area (Å²) >= 11 is 2.17. The lowest BCUT2D eigenvalue weighted by Gasteiger charge is -2.30. The summed E-state index contributed by atoms with van der Waals surface area (Å²) < 4.78 is 0. The Kier molecular flexibility index (Phi) is 4.79. The largest absolute Gasteiger partial charge is 0.480 e. The molecule has 0 aliphatic carbocycles. The average Bonchev–Trinajstić information content (AvgIpc) is 3.25. The van der Waals surface area contributed by atoms with E-state index in [4.69, 9.17) is 5.11 Å². The van der Waals surface area contributed by atoms with E-state index in [0.29, 0.717) is 9.90 Å². The fraction of sp³-hybridized carbons (Fsp3) is 0.182. The summed E-state index contributed by atoms with van der Waals surface area (Å²) in [5.74, 6) is -3.51. The second-order valence-electron chi connectivity index (χ2n) is 7.39. The van der Waals surface area contributed by atoms with Gasteiger partial charge in [0.2, 0.25) is 11.8 Å². The molecule has 2 aliphatic heterocycles. The smallest absolute Gasteiger partial charge is 0.323 e. The highest BCUT2D eigenvalue weighted by atomic mass is 32.2. The maximum Gasteiger partial charge on any atom is 0.323 e. The van der Waals surface area contributed by atoms with Crippen LogP contribution in [0.15, 0.2) is 64.4 Å². The van der Waals surface area contributed by atoms with E-state index >= 15 is 0 Å². The van der Waals surface area contributed by atoms with Gasteiger partial charge in [-0.1, -0.05) is 77.7 Å². The second-order valence-corrected chi connectivity index (χ2v) is 9.56. The lowest BCUT2D eigenvalue weighted by molar-refractivity contribution is -0.149. The van der Waals surface area contributed by atoms with Crippen LogP contribution in [-0.4, -0.2) is 44.6 Å². The molecule has 5 rings (SSSR count). The zero-order valence-electron chi connectivity index (χ0n) is 16.0. The van der Waals surface area contributed by atoms with E-state index in [1.165, 1.54) is 0 Å². The molecule has 2 aliphatic rings. The number of benzene rings is 2. The van der Waals surface area contributed by atoms with Gasteiger partial charge in [0.1, 0.15) is 11.8 Å². The fourth-order valence-corrected chi connectivity index (χ4v) is 6.78. The van der Waals surface area contributed by atoms with Crippen molar-refractivity contribution in [1.29, 1.82) is 0 Å². The van der Waals surface area contributed by atoms with Gasteiger partial charge in [-0.25, -0.2) is 0 Å². The molecular weight excluding hydrogens is 436 g/mol. The number of aliphatic carboxylic acids is 1. The van der Waals surface area contributed by atoms with Gasteiger partial charge in [0.25, 0.3) is 0 Å². The lowest BCUT2D eigenvalue weighted by Crippen LogP contribution is -2.36. The number of rotatable bonds is 4. The highest BCUT2D eigenvalue weighted by Crippen LogP contribution is 2.52. The number of fused-ring (bicyclic) bond motifs is 2. The van der Waals surface area contributed by atoms with Crippen LogP contribution in [0.1, 0.15) is 16.4 Å². The predicted octanol–water partition coefficient (Wildman–Crippen LogP) is 2.78. The van der Waals surface area contributed by atoms with Crippen molar-refractivity contribution in [3.05, 3.63) is 74.7 Å². The van der Waals surface area contributed by atoms with Crippen molar-refractivity contribution in [2.45, 2.75) is 16.2 Å². The van der Waals surface area contributed by atoms with E-state index in [2.05, 4.69) is 4.98 Å². The third-order valence-electron chi connectivity index (χ3n) is 5.59. The van der Waals surface area contributed by atoms with E-state index in [9.17, 15) is 19.2 Å². The van der Waals surface area contributed by atoms with E-state index < -0.39 is 41.4 Å². The molecule has 1 aromatic heterocycles. The number of hydrogen-bond donors (Lipinski definition) is 2. The number of carbonyl (C=O) groups excluding carboxylic acids is 2. The molecule has 3 aromatic rings. The number of thioether (sulfide) groups is 1. The lowest BCUT2D eigenvalue weighted by atomic mass is 9.82. The number of carboxylic acid groups (broad SMARTS) is 1. The fourth-order valence-electron chi connectivity index (χ4n) is 4.24. The molecule has 0 bridgehead atoms. The van der Waals surface area contributed by atoms with Gasteiger partial charge in [-0.2, -0.15) is 0 Å². The molecule has 0 spiro atoms. The number of nitrogens with one attached hydrogen (secondary N) is 1. The number of nitrogens with zero attached hydrogens (tertiary/aromatic N) is 1. The number of hydrogen-bond acceptors (Lipinski definition) is 6. The van der Waals surface area contributed by atoms with Crippen molar-refractivity contribution >= 4 is 40.9 Å². The Labute approximate surface area is 184 Å². The molecule has 2 N–H and O–H groups in total. The van der Waals surface area contributed by atoms with Crippen molar-refractivity contribution < 1.29 is 19.5 Å². The Balaban J connectivity index is 1.58. The molecule has 1 saturated heterocycles. The van der Waals surface area contributed by atoms with Crippen LogP contribution < -0.4 is 4.87 Å². The Bertz CT molecular complexity index is 1250. The van der Waals surface area contributed by atoms with Crippen LogP contribution >= 0.6 is 23.1 Å². The van der Waals surface area contributed by atoms with Crippen LogP contribution in [0.2, 0.25) is 0 Å². The summed E-state index contributed by atoms with van der Waals surface area (Å²) in [5.41, 5.74) is 2.87. The maximum atomic E-state index is 13.1. The quantitative estimate of drug-likeness (QED) is 0.590. The molecular formula is C22H16N2O5S2. The highest BCUT2D eigenvalue weighted by Gasteiger charge is 2.56. The van der Waals surface area contributed by atoms with Crippen molar-refractivity contribution in [3.63, 3.8) is 0 Å². The second kappa shape index (κ2) is 7.51. The Morgan fingerprint density at radius 1 is 0.968 bits per heavy atom. The Morgan fingerprint density at radius 3 is 2.32 bits per heavy atom. The number of thiazole rings is 1. The van der Waals surface area contributed by atoms with Gasteiger partial charge in [0.15, 0.2) is 0 Å². The van der Waals surface area contributed by atoms with Crippen LogP contribution in [0.25, 0.3) is 11.1 Å². The number of carbonyl (C=O) groups is 3. The van der Waals surface area contributed by atoms with Crippen molar-refractivity contribution in [2.75, 3.05) is 6.54 Å². The van der Waals surface area contributed by atoms with Crippen molar-refractivity contribution in [1.82, 2.24) is 9.88 Å². The van der Waals surface area contributed by atoms with Crippen LogP contribution in [0.5, 0.6) is 0 Å². The summed E-state index contributed by atoms with van der Waals surface area (Å²) in [6.45, 7) is -0.658. The van der Waals surface area contributed by atoms with E-state index in [1.807, 2.05) is 54.6 Å². The Morgan fingerprint density at radius 2 is 1.65 bits per heavy atom. The third kappa shape index (κ3) is 3.30. The molecule has 7 nitrogen and oxygen atoms in total. The zero-order valence-corrected chi connectivity index (χ0v) is 17.6. The van der Waals surface area contributed by atoms with Gasteiger partial charge in [-0.05, 0) is 16.7 Å². The molecule has 156 valence electrons. The van der Waals surface area contributed by atoms with Gasteiger partial charge in [-0.15, -0.1) is 0 Å². The number of aromatic nitrogens is 1. The Hall–Kier alpha value is -3.17. The number of imide groups is 1. The summed E-state index contributed by atoms with van der Waals surface area (Å²) in [6, 6.07) is 17.6. The molecule has 2 unspecified atom stereocenters. The highest BCUT2D eigenvalue weighted by molar-refractivity contribution is 8.00. The standard InChI is InChI=1S/C22H16N2O5S2/c25-14(26)10-24-20(27)16-15(17-19(23-22(29)31-17)30-18(16)21(24)28)13-8-6-12(7-9-13)11-4-2-1-3-5-11/h1-9,15-16,18H,10H2,(H,23,29)(H,25,26)/t15-,16?,18?/m0/s1. The van der Waals surface area contributed by atoms with Gasteiger partial charge in [0, 0.05) is 10.8 Å². The number of aromatic amines is 1. The van der Waals surface area contributed by atoms with Crippen molar-refractivity contribution in [3.8, 4) is 11.1 Å². The van der Waals surface area contributed by atoms with Crippen LogP contribution in [0.3, 0.4) is 0 Å². The van der Waals surface area contributed by atoms with E-state index in [0.717, 1.165) is 44.7 Å². The molecule has 0 radical (unpaired) electrons. The number of likely N-dealkylation sites (tertiary alicyclic amines) is 1. The normalized spacial score (nSPS) is 22.3. The van der Waals surface area contributed by atoms with Gasteiger partial charge in [0.05, 0.1) is 10.9 Å². The van der Waals surface area contributed by atoms with Gasteiger partial charge < -0.3 is 10.1 Å². The van der Waals surface area contributed by atoms with Crippen LogP contribution in [-0.2, 0) is 14.4 Å². The molecule has 2 amide bonds. The molecule has 31 heavy (non-hydrogen) atoms. The van der Waals surface area contributed by atoms with Crippen molar-refractivity contribution in [2.24, 2.45) is 5.92 Å². The van der Waals surface area contributed by atoms with Gasteiger partial charge in [-0.3, -0.25) is 24.1 Å². The average molecular weight is 453 g/mol. The summed E-state index contributed by atoms with van der Waals surface area (Å²) in [5, 5.41) is 8.95. The molecule has 1 fully saturated rings. The summed E-state index contributed by atoms with van der Waals surface area (Å²) in [4.78, 5) is 53.3. The molecule has 9 heteroatoms. The maximum absolute atomic E-state index is 13.1. The van der Waals surface area contributed by atoms with Crippen LogP contribution in [0.4, 0.5) is 0 Å². The molecule has 0 saturated carbocycles. The first-order chi connectivity index (χ1) is 14.9. The molecule has 2 aromatic carbocycles. The first-order valence-electron chi connectivity index (χ1n) is 9.56. The minimum atomic E-state index is -1.24. The van der Waals surface area contributed by atoms with Crippen LogP contribution in [0, 0.1) is 5.92 Å². The number of amides is 2. The number of H-pyrrole nitrogens is 1. The van der Waals surface area contributed by atoms with Gasteiger partial charge >= 0.3 is 10.8 Å². The number of carboxylic acids is 1. The zero-order chi connectivity index (χ0) is 21.7. The first kappa shape index (κ1) is 19.8. The summed E-state index contributed by atoms with van der Waals surface area (Å²) in [6.07, 6.45) is 0. The molecule has 3 heterocycles. The van der Waals surface area contributed by atoms with E-state index in [1.54, 1.807) is 0 Å². The summed E-state index contributed by atoms with van der Waals surface area (Å²) in [7, 11) is 0. The third-order valence-corrected chi connectivity index (χ3v) is 7.99. The first-order valence-corrected chi connectivity index (χ1v) is 11.3.